The van der Waals surface area contributed by atoms with E-state index >= 15 is 0 Å². The number of phenols is 1. The van der Waals surface area contributed by atoms with Crippen LogP contribution in [0.15, 0.2) is 84.4 Å². The topological polar surface area (TPSA) is 127 Å². The van der Waals surface area contributed by atoms with Crippen molar-refractivity contribution >= 4 is 40.9 Å². The van der Waals surface area contributed by atoms with Crippen LogP contribution in [0.1, 0.15) is 35.4 Å². The van der Waals surface area contributed by atoms with E-state index in [1.807, 2.05) is 55.5 Å². The number of hydrazine groups is 1. The first kappa shape index (κ1) is 27.4. The molecule has 1 saturated carbocycles. The van der Waals surface area contributed by atoms with Crippen LogP contribution in [-0.2, 0) is 24.6 Å². The number of aromatic hydroxyl groups is 1. The van der Waals surface area contributed by atoms with Crippen LogP contribution in [-0.4, -0.2) is 44.0 Å². The summed E-state index contributed by atoms with van der Waals surface area (Å²) in [6.45, 7) is 1.94. The first-order valence-corrected chi connectivity index (χ1v) is 14.5. The number of carbonyl (C=O) groups excluding carboxylic acids is 4. The highest BCUT2D eigenvalue weighted by Gasteiger charge is 2.70. The van der Waals surface area contributed by atoms with Gasteiger partial charge in [0.05, 0.1) is 28.9 Å². The quantitative estimate of drug-likeness (QED) is 0.225. The number of aryl methyl sites for hydroxylation is 1. The van der Waals surface area contributed by atoms with E-state index in [0.717, 1.165) is 10.6 Å². The third-order valence-electron chi connectivity index (χ3n) is 9.66. The minimum absolute atomic E-state index is 0.0620. The van der Waals surface area contributed by atoms with Crippen molar-refractivity contribution in [1.29, 1.82) is 0 Å². The lowest BCUT2D eigenvalue weighted by Crippen LogP contribution is -2.53. The zero-order chi connectivity index (χ0) is 30.2. The molecule has 0 aromatic heterocycles. The van der Waals surface area contributed by atoms with Crippen LogP contribution in [0.2, 0.25) is 5.02 Å². The second-order valence-corrected chi connectivity index (χ2v) is 12.2. The molecule has 3 N–H and O–H groups in total. The van der Waals surface area contributed by atoms with Crippen molar-refractivity contribution in [2.45, 2.75) is 31.1 Å². The number of nitrogens with one attached hydrogen (secondary N) is 1. The van der Waals surface area contributed by atoms with Crippen LogP contribution in [0.4, 0.5) is 5.69 Å². The van der Waals surface area contributed by atoms with Crippen LogP contribution >= 0.6 is 11.6 Å². The minimum Gasteiger partial charge on any atom is -0.508 e. The minimum atomic E-state index is -1.46. The number of allylic oxidation sites excluding steroid dienone is 2. The van der Waals surface area contributed by atoms with E-state index in [2.05, 4.69) is 5.43 Å². The van der Waals surface area contributed by atoms with Crippen molar-refractivity contribution in [1.82, 2.24) is 10.1 Å². The van der Waals surface area contributed by atoms with E-state index < -0.39 is 58.6 Å². The van der Waals surface area contributed by atoms with Gasteiger partial charge in [-0.1, -0.05) is 77.3 Å². The van der Waals surface area contributed by atoms with Crippen molar-refractivity contribution < 1.29 is 29.5 Å². The second kappa shape index (κ2) is 9.79. The van der Waals surface area contributed by atoms with Gasteiger partial charge in [-0.2, -0.15) is 10.1 Å². The molecule has 10 heteroatoms. The summed E-state index contributed by atoms with van der Waals surface area (Å²) in [4.78, 5) is 55.4. The SMILES string of the molecule is Cc1ccc(NN2C(=O)C3CC4C(=CCC5C(=O)N(O)C(=O)C54)C(c4ccc(O)cc4Cl)C3(c3ccccc3)C2=O)cc1. The average Bonchev–Trinajstić information content (AvgIpc) is 3.35. The maximum Gasteiger partial charge on any atom is 0.260 e. The number of amides is 4. The molecule has 4 amide bonds. The van der Waals surface area contributed by atoms with E-state index in [-0.39, 0.29) is 28.7 Å². The zero-order valence-electron chi connectivity index (χ0n) is 23.1. The first-order chi connectivity index (χ1) is 20.6. The number of imide groups is 2. The number of phenolic OH excluding ortho intramolecular Hbond substituents is 1. The Bertz CT molecular complexity index is 1720. The van der Waals surface area contributed by atoms with E-state index in [1.165, 1.54) is 12.1 Å². The van der Waals surface area contributed by atoms with Gasteiger partial charge in [-0.15, -0.1) is 0 Å². The predicted octanol–water partition coefficient (Wildman–Crippen LogP) is 4.73. The standard InChI is InChI=1S/C33H28ClN3O6/c1-17-7-9-19(10-8-17)35-36-30(40)25-16-24-21(13-14-23-27(24)31(41)37(43)29(23)39)28(22-12-11-20(38)15-26(22)34)33(25,32(36)42)18-5-3-2-4-6-18/h2-13,15,23-25,27-28,35,38,43H,14,16H2,1H3. The fourth-order valence-corrected chi connectivity index (χ4v) is 8.11. The van der Waals surface area contributed by atoms with Gasteiger partial charge in [0, 0.05) is 10.9 Å². The number of hydrogen-bond donors (Lipinski definition) is 3. The number of anilines is 1. The molecule has 3 aromatic rings. The van der Waals surface area contributed by atoms with Gasteiger partial charge in [-0.3, -0.25) is 29.8 Å². The number of fused-ring (bicyclic) bond motifs is 4. The molecule has 6 unspecified atom stereocenters. The molecule has 6 atom stereocenters. The molecular formula is C33H28ClN3O6. The van der Waals surface area contributed by atoms with Gasteiger partial charge < -0.3 is 5.11 Å². The first-order valence-electron chi connectivity index (χ1n) is 14.2. The maximum atomic E-state index is 14.9. The Morgan fingerprint density at radius 3 is 2.33 bits per heavy atom. The number of nitrogens with zero attached hydrogens (tertiary/aromatic N) is 2. The number of rotatable bonds is 4. The Morgan fingerprint density at radius 2 is 1.63 bits per heavy atom. The van der Waals surface area contributed by atoms with Gasteiger partial charge in [0.25, 0.3) is 23.6 Å². The molecule has 218 valence electrons. The maximum absolute atomic E-state index is 14.9. The fraction of sp³-hybridized carbons (Fsp3) is 0.273. The van der Waals surface area contributed by atoms with Crippen LogP contribution in [0.25, 0.3) is 0 Å². The number of carbonyl (C=O) groups is 4. The summed E-state index contributed by atoms with van der Waals surface area (Å²) < 4.78 is 0. The molecule has 2 aliphatic heterocycles. The van der Waals surface area contributed by atoms with Gasteiger partial charge >= 0.3 is 0 Å². The third-order valence-corrected chi connectivity index (χ3v) is 9.99. The number of hydroxylamine groups is 2. The summed E-state index contributed by atoms with van der Waals surface area (Å²) >= 11 is 6.80. The van der Waals surface area contributed by atoms with E-state index in [4.69, 9.17) is 11.6 Å². The highest BCUT2D eigenvalue weighted by Crippen LogP contribution is 2.64. The van der Waals surface area contributed by atoms with E-state index in [1.54, 1.807) is 18.2 Å². The van der Waals surface area contributed by atoms with Gasteiger partial charge in [-0.05, 0) is 61.1 Å². The molecule has 2 heterocycles. The highest BCUT2D eigenvalue weighted by molar-refractivity contribution is 6.31. The smallest absolute Gasteiger partial charge is 0.260 e. The molecule has 0 radical (unpaired) electrons. The normalized spacial score (nSPS) is 29.7. The van der Waals surface area contributed by atoms with Gasteiger partial charge in [0.2, 0.25) is 0 Å². The largest absolute Gasteiger partial charge is 0.508 e. The van der Waals surface area contributed by atoms with Crippen molar-refractivity contribution in [3.63, 3.8) is 0 Å². The van der Waals surface area contributed by atoms with Crippen LogP contribution in [0.5, 0.6) is 5.75 Å². The molecule has 0 spiro atoms. The van der Waals surface area contributed by atoms with Gasteiger partial charge in [0.1, 0.15) is 5.75 Å². The Balaban J connectivity index is 1.47. The molecule has 2 saturated heterocycles. The lowest BCUT2D eigenvalue weighted by atomic mass is 9.49. The summed E-state index contributed by atoms with van der Waals surface area (Å²) in [6.07, 6.45) is 2.17. The lowest BCUT2D eigenvalue weighted by molar-refractivity contribution is -0.173. The fourth-order valence-electron chi connectivity index (χ4n) is 7.83. The number of halogens is 1. The summed E-state index contributed by atoms with van der Waals surface area (Å²) in [5, 5.41) is 22.0. The molecule has 4 aliphatic rings. The molecule has 0 bridgehead atoms. The van der Waals surface area contributed by atoms with E-state index in [0.29, 0.717) is 22.4 Å². The monoisotopic (exact) mass is 597 g/mol. The molecule has 3 aromatic carbocycles. The van der Waals surface area contributed by atoms with Gasteiger partial charge in [0.15, 0.2) is 0 Å². The Morgan fingerprint density at radius 1 is 0.907 bits per heavy atom. The van der Waals surface area contributed by atoms with E-state index in [9.17, 15) is 29.5 Å². The molecule has 9 nitrogen and oxygen atoms in total. The Kier molecular flexibility index (Phi) is 6.23. The van der Waals surface area contributed by atoms with Gasteiger partial charge in [-0.25, -0.2) is 0 Å². The van der Waals surface area contributed by atoms with Crippen molar-refractivity contribution in [2.24, 2.45) is 23.7 Å². The lowest BCUT2D eigenvalue weighted by Gasteiger charge is -2.50. The second-order valence-electron chi connectivity index (χ2n) is 11.8. The van der Waals surface area contributed by atoms with Crippen molar-refractivity contribution in [2.75, 3.05) is 5.43 Å². The third kappa shape index (κ3) is 3.81. The average molecular weight is 598 g/mol. The molecule has 2 aliphatic carbocycles. The molecule has 43 heavy (non-hydrogen) atoms. The number of benzene rings is 3. The number of hydrogen-bond acceptors (Lipinski definition) is 7. The Hall–Kier alpha value is -4.47. The molecule has 3 fully saturated rings. The van der Waals surface area contributed by atoms with Crippen molar-refractivity contribution in [3.05, 3.63) is 106 Å². The summed E-state index contributed by atoms with van der Waals surface area (Å²) in [7, 11) is 0. The summed E-state index contributed by atoms with van der Waals surface area (Å²) in [5.41, 5.74) is 4.98. The van der Waals surface area contributed by atoms with Crippen LogP contribution < -0.4 is 5.43 Å². The Labute approximate surface area is 252 Å². The van der Waals surface area contributed by atoms with Crippen LogP contribution in [0, 0.1) is 30.6 Å². The van der Waals surface area contributed by atoms with Crippen LogP contribution in [0.3, 0.4) is 0 Å². The summed E-state index contributed by atoms with van der Waals surface area (Å²) in [6, 6.07) is 20.9. The zero-order valence-corrected chi connectivity index (χ0v) is 23.9. The highest BCUT2D eigenvalue weighted by atomic mass is 35.5. The van der Waals surface area contributed by atoms with Crippen molar-refractivity contribution in [3.8, 4) is 5.75 Å². The molecule has 7 rings (SSSR count). The predicted molar refractivity (Wildman–Crippen MR) is 156 cm³/mol. The molecular weight excluding hydrogens is 570 g/mol. The summed E-state index contributed by atoms with van der Waals surface area (Å²) in [5.74, 6) is -6.38.